The first kappa shape index (κ1) is 11.6. The predicted molar refractivity (Wildman–Crippen MR) is 60.1 cm³/mol. The van der Waals surface area contributed by atoms with E-state index in [1.165, 1.54) is 0 Å². The van der Waals surface area contributed by atoms with Crippen LogP contribution in [-0.4, -0.2) is 25.0 Å². The quantitative estimate of drug-likeness (QED) is 0.852. The van der Waals surface area contributed by atoms with Gasteiger partial charge in [-0.3, -0.25) is 0 Å². The van der Waals surface area contributed by atoms with Crippen LogP contribution < -0.4 is 5.32 Å². The maximum absolute atomic E-state index is 5.56. The van der Waals surface area contributed by atoms with Crippen LogP contribution in [0.15, 0.2) is 16.5 Å². The molecule has 90 valence electrons. The van der Waals surface area contributed by atoms with Gasteiger partial charge in [-0.1, -0.05) is 0 Å². The van der Waals surface area contributed by atoms with Crippen molar-refractivity contribution in [3.8, 4) is 0 Å². The highest BCUT2D eigenvalue weighted by Gasteiger charge is 2.27. The summed E-state index contributed by atoms with van der Waals surface area (Å²) in [6, 6.07) is 4.18. The monoisotopic (exact) mass is 225 g/mol. The van der Waals surface area contributed by atoms with Gasteiger partial charge in [-0.25, -0.2) is 0 Å². The maximum Gasteiger partial charge on any atom is 0.162 e. The summed E-state index contributed by atoms with van der Waals surface area (Å²) in [5.74, 6) is 1.44. The van der Waals surface area contributed by atoms with Crippen LogP contribution in [0.2, 0.25) is 0 Å². The van der Waals surface area contributed by atoms with Gasteiger partial charge in [0.25, 0.3) is 0 Å². The Kier molecular flexibility index (Phi) is 3.33. The molecular formula is C12H19NO3. The third-order valence-corrected chi connectivity index (χ3v) is 2.63. The maximum atomic E-state index is 5.56. The molecule has 1 aliphatic heterocycles. The van der Waals surface area contributed by atoms with Gasteiger partial charge >= 0.3 is 0 Å². The molecule has 2 rings (SSSR count). The fraction of sp³-hybridized carbons (Fsp3) is 0.667. The molecule has 1 aromatic heterocycles. The predicted octanol–water partition coefficient (Wildman–Crippen LogP) is 1.83. The first-order chi connectivity index (χ1) is 7.55. The van der Waals surface area contributed by atoms with Crippen molar-refractivity contribution in [3.63, 3.8) is 0 Å². The number of rotatable bonds is 3. The molecule has 0 aliphatic carbocycles. The average molecular weight is 225 g/mol. The molecule has 0 bridgehead atoms. The van der Waals surface area contributed by atoms with E-state index in [1.807, 2.05) is 32.9 Å². The van der Waals surface area contributed by atoms with E-state index in [-0.39, 0.29) is 6.04 Å². The minimum atomic E-state index is -0.445. The summed E-state index contributed by atoms with van der Waals surface area (Å²) in [5.41, 5.74) is 0. The van der Waals surface area contributed by atoms with Crippen LogP contribution in [0.3, 0.4) is 0 Å². The topological polar surface area (TPSA) is 43.6 Å². The Morgan fingerprint density at radius 3 is 2.56 bits per heavy atom. The van der Waals surface area contributed by atoms with Crippen molar-refractivity contribution in [2.24, 2.45) is 0 Å². The highest BCUT2D eigenvalue weighted by Crippen LogP contribution is 2.17. The molecule has 0 atom stereocenters. The molecular weight excluding hydrogens is 206 g/mol. The lowest BCUT2D eigenvalue weighted by Crippen LogP contribution is -2.48. The van der Waals surface area contributed by atoms with Crippen molar-refractivity contribution >= 4 is 0 Å². The lowest BCUT2D eigenvalue weighted by Gasteiger charge is -2.35. The van der Waals surface area contributed by atoms with Gasteiger partial charge in [-0.05, 0) is 32.9 Å². The van der Waals surface area contributed by atoms with Crippen LogP contribution in [0.25, 0.3) is 0 Å². The molecule has 1 fully saturated rings. The van der Waals surface area contributed by atoms with Crippen LogP contribution >= 0.6 is 0 Å². The minimum absolute atomic E-state index is 0.235. The lowest BCUT2D eigenvalue weighted by atomic mass is 10.2. The van der Waals surface area contributed by atoms with Crippen LogP contribution in [0.4, 0.5) is 0 Å². The fourth-order valence-electron chi connectivity index (χ4n) is 1.64. The molecule has 0 radical (unpaired) electrons. The molecule has 4 heteroatoms. The lowest BCUT2D eigenvalue weighted by molar-refractivity contribution is -0.253. The van der Waals surface area contributed by atoms with Crippen molar-refractivity contribution < 1.29 is 13.9 Å². The molecule has 1 aromatic rings. The summed E-state index contributed by atoms with van der Waals surface area (Å²) < 4.78 is 16.6. The van der Waals surface area contributed by atoms with Gasteiger partial charge in [0.1, 0.15) is 11.5 Å². The molecule has 0 saturated carbocycles. The van der Waals surface area contributed by atoms with E-state index in [2.05, 4.69) is 5.32 Å². The van der Waals surface area contributed by atoms with Gasteiger partial charge in [0.2, 0.25) is 0 Å². The zero-order valence-corrected chi connectivity index (χ0v) is 10.1. The summed E-state index contributed by atoms with van der Waals surface area (Å²) >= 11 is 0. The van der Waals surface area contributed by atoms with E-state index >= 15 is 0 Å². The fourth-order valence-corrected chi connectivity index (χ4v) is 1.64. The van der Waals surface area contributed by atoms with Crippen molar-refractivity contribution in [2.45, 2.75) is 39.1 Å². The van der Waals surface area contributed by atoms with Crippen molar-refractivity contribution in [1.82, 2.24) is 5.32 Å². The Morgan fingerprint density at radius 2 is 2.00 bits per heavy atom. The molecule has 1 N–H and O–H groups in total. The smallest absolute Gasteiger partial charge is 0.162 e. The Hall–Kier alpha value is -0.840. The summed E-state index contributed by atoms with van der Waals surface area (Å²) in [4.78, 5) is 0. The van der Waals surface area contributed by atoms with Crippen LogP contribution in [0, 0.1) is 6.92 Å². The molecule has 1 saturated heterocycles. The number of ether oxygens (including phenoxy) is 2. The normalized spacial score (nSPS) is 21.2. The molecule has 0 unspecified atom stereocenters. The zero-order chi connectivity index (χ0) is 11.6. The van der Waals surface area contributed by atoms with E-state index in [1.54, 1.807) is 0 Å². The first-order valence-electron chi connectivity index (χ1n) is 5.62. The Bertz CT molecular complexity index is 336. The third-order valence-electron chi connectivity index (χ3n) is 2.63. The molecule has 1 aliphatic rings. The summed E-state index contributed by atoms with van der Waals surface area (Å²) in [5, 5.41) is 3.35. The largest absolute Gasteiger partial charge is 0.465 e. The number of hydrogen-bond donors (Lipinski definition) is 1. The molecule has 0 aromatic carbocycles. The van der Waals surface area contributed by atoms with Crippen LogP contribution in [0.5, 0.6) is 0 Å². The summed E-state index contributed by atoms with van der Waals surface area (Å²) in [6.07, 6.45) is 0. The van der Waals surface area contributed by atoms with E-state index in [0.717, 1.165) is 11.5 Å². The van der Waals surface area contributed by atoms with E-state index < -0.39 is 5.79 Å². The second-order valence-electron chi connectivity index (χ2n) is 4.61. The minimum Gasteiger partial charge on any atom is -0.465 e. The average Bonchev–Trinajstić information content (AvgIpc) is 2.63. The van der Waals surface area contributed by atoms with Gasteiger partial charge in [-0.15, -0.1) is 0 Å². The Morgan fingerprint density at radius 1 is 1.31 bits per heavy atom. The number of nitrogens with one attached hydrogen (secondary N) is 1. The second-order valence-corrected chi connectivity index (χ2v) is 4.61. The van der Waals surface area contributed by atoms with E-state index in [9.17, 15) is 0 Å². The van der Waals surface area contributed by atoms with Crippen LogP contribution in [0.1, 0.15) is 25.4 Å². The molecule has 16 heavy (non-hydrogen) atoms. The van der Waals surface area contributed by atoms with Crippen LogP contribution in [-0.2, 0) is 16.0 Å². The number of aryl methyl sites for hydroxylation is 1. The first-order valence-corrected chi connectivity index (χ1v) is 5.62. The van der Waals surface area contributed by atoms with Gasteiger partial charge in [-0.2, -0.15) is 0 Å². The van der Waals surface area contributed by atoms with Gasteiger partial charge < -0.3 is 19.2 Å². The third kappa shape index (κ3) is 3.07. The molecule has 0 amide bonds. The highest BCUT2D eigenvalue weighted by atomic mass is 16.7. The second kappa shape index (κ2) is 4.57. The summed E-state index contributed by atoms with van der Waals surface area (Å²) in [7, 11) is 0. The van der Waals surface area contributed by atoms with Crippen molar-refractivity contribution in [1.29, 1.82) is 0 Å². The van der Waals surface area contributed by atoms with Gasteiger partial charge in [0, 0.05) is 0 Å². The van der Waals surface area contributed by atoms with Gasteiger partial charge in [0.05, 0.1) is 25.8 Å². The Balaban J connectivity index is 1.75. The van der Waals surface area contributed by atoms with E-state index in [4.69, 9.17) is 13.9 Å². The van der Waals surface area contributed by atoms with Gasteiger partial charge in [0.15, 0.2) is 5.79 Å². The number of hydrogen-bond acceptors (Lipinski definition) is 4. The van der Waals surface area contributed by atoms with Crippen molar-refractivity contribution in [2.75, 3.05) is 13.2 Å². The SMILES string of the molecule is Cc1ccc(CNC2COC(C)(C)OC2)o1. The Labute approximate surface area is 95.9 Å². The molecule has 0 spiro atoms. The standard InChI is InChI=1S/C12H19NO3/c1-9-4-5-11(16-9)6-13-10-7-14-12(2,3)15-8-10/h4-5,10,13H,6-8H2,1-3H3. The molecule has 2 heterocycles. The summed E-state index contributed by atoms with van der Waals surface area (Å²) in [6.45, 7) is 7.86. The zero-order valence-electron chi connectivity index (χ0n) is 10.1. The highest BCUT2D eigenvalue weighted by molar-refractivity contribution is 5.05. The number of furan rings is 1. The van der Waals surface area contributed by atoms with E-state index in [0.29, 0.717) is 19.8 Å². The van der Waals surface area contributed by atoms with Crippen molar-refractivity contribution in [3.05, 3.63) is 23.7 Å². The molecule has 4 nitrogen and oxygen atoms in total.